The molecule has 0 bridgehead atoms. The fourth-order valence-corrected chi connectivity index (χ4v) is 2.35. The van der Waals surface area contributed by atoms with Crippen LogP contribution in [0.5, 0.6) is 0 Å². The lowest BCUT2D eigenvalue weighted by atomic mass is 9.91. The molecule has 0 fully saturated rings. The summed E-state index contributed by atoms with van der Waals surface area (Å²) in [5.41, 5.74) is 2.14. The lowest BCUT2D eigenvalue weighted by Crippen LogP contribution is -2.31. The van der Waals surface area contributed by atoms with Crippen LogP contribution in [-0.2, 0) is 16.0 Å². The van der Waals surface area contributed by atoms with Crippen molar-refractivity contribution in [1.29, 1.82) is 0 Å². The second-order valence-electron chi connectivity index (χ2n) is 5.16. The number of aromatic nitrogens is 1. The molecule has 1 aromatic heterocycles. The van der Waals surface area contributed by atoms with Crippen LogP contribution in [0, 0.1) is 0 Å². The average Bonchev–Trinajstić information content (AvgIpc) is 2.58. The van der Waals surface area contributed by atoms with Gasteiger partial charge >= 0.3 is 0 Å². The van der Waals surface area contributed by atoms with Crippen molar-refractivity contribution in [2.75, 3.05) is 20.3 Å². The number of carbonyl (C=O) groups is 1. The standard InChI is InChI=1S/C18H22N2O2/c1-22-13-5-10-20-18(21)17(16-6-3-2-4-7-16)14-15-8-11-19-12-9-15/h2-4,6-9,11-12,17H,5,10,13-14H2,1H3,(H,20,21). The summed E-state index contributed by atoms with van der Waals surface area (Å²) < 4.78 is 5.01. The lowest BCUT2D eigenvalue weighted by molar-refractivity contribution is -0.122. The third kappa shape index (κ3) is 4.97. The highest BCUT2D eigenvalue weighted by atomic mass is 16.5. The molecule has 1 atom stereocenters. The number of hydrogen-bond acceptors (Lipinski definition) is 3. The smallest absolute Gasteiger partial charge is 0.227 e. The fraction of sp³-hybridized carbons (Fsp3) is 0.333. The topological polar surface area (TPSA) is 51.2 Å². The van der Waals surface area contributed by atoms with Gasteiger partial charge in [-0.1, -0.05) is 30.3 Å². The van der Waals surface area contributed by atoms with Gasteiger partial charge < -0.3 is 10.1 Å². The third-order valence-electron chi connectivity index (χ3n) is 3.53. The number of rotatable bonds is 8. The molecule has 116 valence electrons. The molecule has 0 saturated heterocycles. The monoisotopic (exact) mass is 298 g/mol. The van der Waals surface area contributed by atoms with E-state index < -0.39 is 0 Å². The Labute approximate surface area is 131 Å². The van der Waals surface area contributed by atoms with Gasteiger partial charge in [-0.15, -0.1) is 0 Å². The normalized spacial score (nSPS) is 11.9. The van der Waals surface area contributed by atoms with E-state index in [4.69, 9.17) is 4.74 Å². The first kappa shape index (κ1) is 16.2. The molecule has 1 N–H and O–H groups in total. The zero-order valence-electron chi connectivity index (χ0n) is 12.9. The number of benzene rings is 1. The van der Waals surface area contributed by atoms with E-state index in [1.807, 2.05) is 42.5 Å². The number of pyridine rings is 1. The zero-order valence-corrected chi connectivity index (χ0v) is 12.9. The Morgan fingerprint density at radius 2 is 1.91 bits per heavy atom. The molecule has 0 aliphatic heterocycles. The maximum atomic E-state index is 12.5. The van der Waals surface area contributed by atoms with Gasteiger partial charge in [-0.2, -0.15) is 0 Å². The van der Waals surface area contributed by atoms with Gasteiger partial charge in [0.05, 0.1) is 5.92 Å². The molecular weight excluding hydrogens is 276 g/mol. The van der Waals surface area contributed by atoms with Crippen molar-refractivity contribution >= 4 is 5.91 Å². The number of methoxy groups -OCH3 is 1. The number of nitrogens with zero attached hydrogens (tertiary/aromatic N) is 1. The molecule has 1 heterocycles. The first-order valence-electron chi connectivity index (χ1n) is 7.51. The summed E-state index contributed by atoms with van der Waals surface area (Å²) in [6.45, 7) is 1.28. The molecule has 0 spiro atoms. The molecule has 2 aromatic rings. The minimum atomic E-state index is -0.189. The molecule has 22 heavy (non-hydrogen) atoms. The first-order chi connectivity index (χ1) is 10.8. The van der Waals surface area contributed by atoms with E-state index in [1.54, 1.807) is 19.5 Å². The number of carbonyl (C=O) groups excluding carboxylic acids is 1. The second kappa shape index (κ2) is 8.95. The van der Waals surface area contributed by atoms with Crippen LogP contribution in [0.4, 0.5) is 0 Å². The van der Waals surface area contributed by atoms with Crippen molar-refractivity contribution in [3.63, 3.8) is 0 Å². The van der Waals surface area contributed by atoms with Crippen LogP contribution in [0.1, 0.15) is 23.5 Å². The largest absolute Gasteiger partial charge is 0.385 e. The first-order valence-corrected chi connectivity index (χ1v) is 7.51. The van der Waals surface area contributed by atoms with Gasteiger partial charge in [-0.25, -0.2) is 0 Å². The molecular formula is C18H22N2O2. The van der Waals surface area contributed by atoms with E-state index in [2.05, 4.69) is 10.3 Å². The van der Waals surface area contributed by atoms with Crippen LogP contribution in [-0.4, -0.2) is 31.2 Å². The van der Waals surface area contributed by atoms with E-state index in [1.165, 1.54) is 0 Å². The summed E-state index contributed by atoms with van der Waals surface area (Å²) in [5, 5.41) is 3.00. The van der Waals surface area contributed by atoms with E-state index >= 15 is 0 Å². The Kier molecular flexibility index (Phi) is 6.58. The summed E-state index contributed by atoms with van der Waals surface area (Å²) >= 11 is 0. The molecule has 1 unspecified atom stereocenters. The molecule has 1 aromatic carbocycles. The van der Waals surface area contributed by atoms with Gasteiger partial charge in [-0.3, -0.25) is 9.78 Å². The van der Waals surface area contributed by atoms with Crippen LogP contribution < -0.4 is 5.32 Å². The highest BCUT2D eigenvalue weighted by Crippen LogP contribution is 2.21. The Bertz CT molecular complexity index is 558. The maximum absolute atomic E-state index is 12.5. The fourth-order valence-electron chi connectivity index (χ4n) is 2.35. The summed E-state index contributed by atoms with van der Waals surface area (Å²) in [4.78, 5) is 16.6. The van der Waals surface area contributed by atoms with E-state index in [0.717, 1.165) is 17.5 Å². The van der Waals surface area contributed by atoms with E-state index in [0.29, 0.717) is 19.6 Å². The Morgan fingerprint density at radius 1 is 1.18 bits per heavy atom. The van der Waals surface area contributed by atoms with Gasteiger partial charge in [0.25, 0.3) is 0 Å². The number of amides is 1. The molecule has 4 nitrogen and oxygen atoms in total. The van der Waals surface area contributed by atoms with Crippen molar-refractivity contribution in [3.05, 3.63) is 66.0 Å². The highest BCUT2D eigenvalue weighted by molar-refractivity contribution is 5.83. The van der Waals surface area contributed by atoms with E-state index in [-0.39, 0.29) is 11.8 Å². The summed E-state index contributed by atoms with van der Waals surface area (Å²) in [6.07, 6.45) is 5.00. The van der Waals surface area contributed by atoms with Gasteiger partial charge in [0.1, 0.15) is 0 Å². The highest BCUT2D eigenvalue weighted by Gasteiger charge is 2.20. The lowest BCUT2D eigenvalue weighted by Gasteiger charge is -2.17. The van der Waals surface area contributed by atoms with Gasteiger partial charge in [0.2, 0.25) is 5.91 Å². The van der Waals surface area contributed by atoms with Crippen molar-refractivity contribution < 1.29 is 9.53 Å². The van der Waals surface area contributed by atoms with Crippen molar-refractivity contribution in [3.8, 4) is 0 Å². The predicted octanol–water partition coefficient (Wildman–Crippen LogP) is 2.56. The molecule has 4 heteroatoms. The van der Waals surface area contributed by atoms with E-state index in [9.17, 15) is 4.79 Å². The van der Waals surface area contributed by atoms with Crippen LogP contribution >= 0.6 is 0 Å². The van der Waals surface area contributed by atoms with Crippen LogP contribution in [0.3, 0.4) is 0 Å². The molecule has 0 aliphatic rings. The molecule has 2 rings (SSSR count). The van der Waals surface area contributed by atoms with Gasteiger partial charge in [-0.05, 0) is 36.1 Å². The van der Waals surface area contributed by atoms with Gasteiger partial charge in [0.15, 0.2) is 0 Å². The minimum Gasteiger partial charge on any atom is -0.385 e. The van der Waals surface area contributed by atoms with Crippen LogP contribution in [0.15, 0.2) is 54.9 Å². The number of nitrogens with one attached hydrogen (secondary N) is 1. The minimum absolute atomic E-state index is 0.0547. The van der Waals surface area contributed by atoms with Crippen LogP contribution in [0.2, 0.25) is 0 Å². The quantitative estimate of drug-likeness (QED) is 0.762. The average molecular weight is 298 g/mol. The van der Waals surface area contributed by atoms with Crippen molar-refractivity contribution in [2.45, 2.75) is 18.8 Å². The summed E-state index contributed by atoms with van der Waals surface area (Å²) in [6, 6.07) is 13.8. The molecule has 0 aliphatic carbocycles. The second-order valence-corrected chi connectivity index (χ2v) is 5.16. The molecule has 0 radical (unpaired) electrons. The zero-order chi connectivity index (χ0) is 15.6. The van der Waals surface area contributed by atoms with Gasteiger partial charge in [0, 0.05) is 32.7 Å². The van der Waals surface area contributed by atoms with Crippen LogP contribution in [0.25, 0.3) is 0 Å². The number of hydrogen-bond donors (Lipinski definition) is 1. The maximum Gasteiger partial charge on any atom is 0.227 e. The Hall–Kier alpha value is -2.20. The molecule has 0 saturated carbocycles. The Balaban J connectivity index is 2.06. The SMILES string of the molecule is COCCCNC(=O)C(Cc1ccncc1)c1ccccc1. The Morgan fingerprint density at radius 3 is 2.59 bits per heavy atom. The third-order valence-corrected chi connectivity index (χ3v) is 3.53. The van der Waals surface area contributed by atoms with Crippen molar-refractivity contribution in [2.24, 2.45) is 0 Å². The predicted molar refractivity (Wildman–Crippen MR) is 86.6 cm³/mol. The van der Waals surface area contributed by atoms with Crippen molar-refractivity contribution in [1.82, 2.24) is 10.3 Å². The molecule has 1 amide bonds. The number of ether oxygens (including phenoxy) is 1. The summed E-state index contributed by atoms with van der Waals surface area (Å²) in [5.74, 6) is -0.134. The summed E-state index contributed by atoms with van der Waals surface area (Å²) in [7, 11) is 1.66.